The van der Waals surface area contributed by atoms with E-state index in [-0.39, 0.29) is 29.4 Å². The highest BCUT2D eigenvalue weighted by Crippen LogP contribution is 2.41. The molecule has 1 aliphatic rings. The van der Waals surface area contributed by atoms with Gasteiger partial charge in [-0.15, -0.1) is 0 Å². The molecular formula is C23H17F3N6O2. The molecule has 2 aromatic carbocycles. The Morgan fingerprint density at radius 3 is 2.76 bits per heavy atom. The van der Waals surface area contributed by atoms with Crippen LogP contribution in [0.4, 0.5) is 24.7 Å². The lowest BCUT2D eigenvalue weighted by Gasteiger charge is -2.24. The molecule has 0 spiro atoms. The van der Waals surface area contributed by atoms with Gasteiger partial charge in [0.2, 0.25) is 11.6 Å². The van der Waals surface area contributed by atoms with Crippen molar-refractivity contribution in [3.8, 4) is 5.75 Å². The molecule has 1 aliphatic heterocycles. The Bertz CT molecular complexity index is 1540. The number of imidazole rings is 1. The highest BCUT2D eigenvalue weighted by atomic mass is 19.4. The Kier molecular flexibility index (Phi) is 4.65. The number of rotatable bonds is 2. The van der Waals surface area contributed by atoms with Gasteiger partial charge in [-0.3, -0.25) is 9.20 Å². The number of hydrogen-bond donors (Lipinski definition) is 1. The van der Waals surface area contributed by atoms with Crippen molar-refractivity contribution < 1.29 is 22.7 Å². The summed E-state index contributed by atoms with van der Waals surface area (Å²) in [6.45, 7) is 9.36. The number of carbonyl (C=O) groups excluding carboxylic acids is 1. The second-order valence-corrected chi connectivity index (χ2v) is 7.99. The fourth-order valence-electron chi connectivity index (χ4n) is 4.24. The number of nitrogens with two attached hydrogens (primary N) is 1. The number of anilines is 1. The van der Waals surface area contributed by atoms with Gasteiger partial charge in [0.1, 0.15) is 29.5 Å². The summed E-state index contributed by atoms with van der Waals surface area (Å²) < 4.78 is 46.4. The van der Waals surface area contributed by atoms with E-state index in [0.717, 1.165) is 12.1 Å². The third kappa shape index (κ3) is 3.18. The summed E-state index contributed by atoms with van der Waals surface area (Å²) in [6.07, 6.45) is -2.92. The third-order valence-corrected chi connectivity index (χ3v) is 6.01. The Labute approximate surface area is 191 Å². The Balaban J connectivity index is 1.58. The van der Waals surface area contributed by atoms with E-state index < -0.39 is 23.7 Å². The van der Waals surface area contributed by atoms with Crippen LogP contribution in [0.5, 0.6) is 5.75 Å². The van der Waals surface area contributed by atoms with Crippen LogP contribution in [-0.4, -0.2) is 38.8 Å². The number of ether oxygens (including phenoxy) is 1. The third-order valence-electron chi connectivity index (χ3n) is 6.01. The van der Waals surface area contributed by atoms with Gasteiger partial charge in [-0.05, 0) is 31.2 Å². The lowest BCUT2D eigenvalue weighted by molar-refractivity contribution is -0.137. The summed E-state index contributed by atoms with van der Waals surface area (Å²) >= 11 is 0. The molecule has 172 valence electrons. The van der Waals surface area contributed by atoms with Gasteiger partial charge in [-0.25, -0.2) is 14.8 Å². The van der Waals surface area contributed by atoms with Crippen molar-refractivity contribution in [1.29, 1.82) is 0 Å². The molecule has 0 saturated carbocycles. The molecule has 0 aliphatic carbocycles. The molecule has 0 fully saturated rings. The van der Waals surface area contributed by atoms with E-state index in [1.54, 1.807) is 23.6 Å². The smallest absolute Gasteiger partial charge is 0.416 e. The predicted octanol–water partition coefficient (Wildman–Crippen LogP) is 4.55. The molecule has 0 unspecified atom stereocenters. The summed E-state index contributed by atoms with van der Waals surface area (Å²) in [6, 6.07) is 5.67. The Hall–Kier alpha value is -4.33. The molecule has 0 saturated heterocycles. The first-order chi connectivity index (χ1) is 16.1. The minimum absolute atomic E-state index is 0.00276. The Morgan fingerprint density at radius 2 is 2.06 bits per heavy atom. The summed E-state index contributed by atoms with van der Waals surface area (Å²) in [4.78, 5) is 27.0. The number of hydrogen-bond acceptors (Lipinski definition) is 5. The largest absolute Gasteiger partial charge is 0.491 e. The van der Waals surface area contributed by atoms with Crippen molar-refractivity contribution in [2.75, 3.05) is 19.4 Å². The summed E-state index contributed by atoms with van der Waals surface area (Å²) in [7, 11) is 1.53. The number of nitrogen functional groups attached to an aromatic ring is 1. The van der Waals surface area contributed by atoms with Crippen LogP contribution in [0, 0.1) is 13.5 Å². The molecule has 0 bridgehead atoms. The highest BCUT2D eigenvalue weighted by Gasteiger charge is 2.36. The topological polar surface area (TPSA) is 90.1 Å². The molecule has 1 atom stereocenters. The van der Waals surface area contributed by atoms with Crippen LogP contribution in [0.2, 0.25) is 0 Å². The van der Waals surface area contributed by atoms with Crippen molar-refractivity contribution in [1.82, 2.24) is 19.3 Å². The van der Waals surface area contributed by atoms with Crippen molar-refractivity contribution >= 4 is 34.0 Å². The SMILES string of the molecule is [C-]#[N+]c1cc2nc(N)c3cnc(C)n3c2cc1C(=O)N(C)[C@@H]1COc2cc(C(F)(F)F)ccc21. The number of carbonyl (C=O) groups is 1. The zero-order chi connectivity index (χ0) is 24.4. The standard InChI is InChI=1S/C23H17F3N6O2/c1-11-29-9-18-21(27)30-16-8-15(28-2)14(7-17(16)32(11)18)22(33)31(3)19-10-34-20-6-12(23(24,25)26)4-5-13(19)20/h4-9,19H,10H2,1,3H3,(H2,27,30)/t19-/m1/s1. The lowest BCUT2D eigenvalue weighted by Crippen LogP contribution is -2.32. The zero-order valence-electron chi connectivity index (χ0n) is 18.0. The molecular weight excluding hydrogens is 449 g/mol. The van der Waals surface area contributed by atoms with Gasteiger partial charge < -0.3 is 15.4 Å². The van der Waals surface area contributed by atoms with Crippen molar-refractivity contribution in [2.24, 2.45) is 0 Å². The molecule has 11 heteroatoms. The maximum absolute atomic E-state index is 13.5. The summed E-state index contributed by atoms with van der Waals surface area (Å²) in [5, 5.41) is 0. The van der Waals surface area contributed by atoms with Crippen molar-refractivity contribution in [3.63, 3.8) is 0 Å². The second kappa shape index (κ2) is 7.34. The number of amides is 1. The number of fused-ring (bicyclic) bond motifs is 4. The van der Waals surface area contributed by atoms with Gasteiger partial charge in [-0.1, -0.05) is 6.07 Å². The van der Waals surface area contributed by atoms with E-state index in [9.17, 15) is 18.0 Å². The van der Waals surface area contributed by atoms with Crippen LogP contribution in [0.25, 0.3) is 21.4 Å². The van der Waals surface area contributed by atoms with Gasteiger partial charge >= 0.3 is 6.18 Å². The molecule has 2 N–H and O–H groups in total. The maximum Gasteiger partial charge on any atom is 0.416 e. The molecule has 34 heavy (non-hydrogen) atoms. The van der Waals surface area contributed by atoms with Gasteiger partial charge in [0.25, 0.3) is 0 Å². The van der Waals surface area contributed by atoms with Gasteiger partial charge in [0.15, 0.2) is 0 Å². The van der Waals surface area contributed by atoms with E-state index in [2.05, 4.69) is 14.8 Å². The molecule has 0 radical (unpaired) electrons. The first kappa shape index (κ1) is 21.5. The number of benzene rings is 2. The molecule has 4 aromatic rings. The van der Waals surface area contributed by atoms with Crippen LogP contribution in [0.15, 0.2) is 36.5 Å². The normalized spacial score (nSPS) is 15.2. The maximum atomic E-state index is 13.5. The van der Waals surface area contributed by atoms with Crippen molar-refractivity contribution in [3.05, 3.63) is 70.5 Å². The van der Waals surface area contributed by atoms with Crippen LogP contribution in [0.1, 0.15) is 33.4 Å². The number of nitrogens with zero attached hydrogens (tertiary/aromatic N) is 5. The van der Waals surface area contributed by atoms with E-state index in [1.807, 2.05) is 0 Å². The number of aryl methyl sites for hydroxylation is 1. The number of aromatic nitrogens is 3. The van der Waals surface area contributed by atoms with Crippen LogP contribution in [-0.2, 0) is 6.18 Å². The number of likely N-dealkylation sites (N-methyl/N-ethyl adjacent to an activating group) is 1. The fourth-order valence-corrected chi connectivity index (χ4v) is 4.24. The molecule has 1 amide bonds. The minimum Gasteiger partial charge on any atom is -0.491 e. The fraction of sp³-hybridized carbons (Fsp3) is 0.217. The first-order valence-electron chi connectivity index (χ1n) is 10.2. The van der Waals surface area contributed by atoms with Crippen LogP contribution >= 0.6 is 0 Å². The lowest BCUT2D eigenvalue weighted by atomic mass is 10.0. The highest BCUT2D eigenvalue weighted by molar-refractivity contribution is 6.04. The van der Waals surface area contributed by atoms with E-state index in [1.165, 1.54) is 24.1 Å². The van der Waals surface area contributed by atoms with Crippen molar-refractivity contribution in [2.45, 2.75) is 19.1 Å². The van der Waals surface area contributed by atoms with Crippen LogP contribution < -0.4 is 10.5 Å². The van der Waals surface area contributed by atoms with Gasteiger partial charge in [0.05, 0.1) is 35.4 Å². The minimum atomic E-state index is -4.50. The second-order valence-electron chi connectivity index (χ2n) is 7.99. The quantitative estimate of drug-likeness (QED) is 0.438. The van der Waals surface area contributed by atoms with Gasteiger partial charge in [-0.2, -0.15) is 13.2 Å². The zero-order valence-corrected chi connectivity index (χ0v) is 18.0. The number of halogens is 3. The molecule has 8 nitrogen and oxygen atoms in total. The van der Waals surface area contributed by atoms with E-state index in [0.29, 0.717) is 27.9 Å². The van der Waals surface area contributed by atoms with Crippen LogP contribution in [0.3, 0.4) is 0 Å². The average molecular weight is 466 g/mol. The average Bonchev–Trinajstić information content (AvgIpc) is 3.40. The predicted molar refractivity (Wildman–Crippen MR) is 118 cm³/mol. The molecule has 2 aromatic heterocycles. The number of alkyl halides is 3. The summed E-state index contributed by atoms with van der Waals surface area (Å²) in [5.74, 6) is 0.490. The van der Waals surface area contributed by atoms with E-state index in [4.69, 9.17) is 17.0 Å². The Morgan fingerprint density at radius 1 is 1.29 bits per heavy atom. The molecule has 3 heterocycles. The van der Waals surface area contributed by atoms with Gasteiger partial charge in [0, 0.05) is 18.2 Å². The monoisotopic (exact) mass is 466 g/mol. The van der Waals surface area contributed by atoms with E-state index >= 15 is 0 Å². The molecule has 5 rings (SSSR count). The summed E-state index contributed by atoms with van der Waals surface area (Å²) in [5.41, 5.74) is 7.46. The first-order valence-corrected chi connectivity index (χ1v) is 10.2.